The Bertz CT molecular complexity index is 469. The van der Waals surface area contributed by atoms with Gasteiger partial charge in [-0.1, -0.05) is 32.4 Å². The molecule has 1 rings (SSSR count). The van der Waals surface area contributed by atoms with Gasteiger partial charge in [-0.05, 0) is 37.1 Å². The van der Waals surface area contributed by atoms with Gasteiger partial charge in [-0.2, -0.15) is 0 Å². The van der Waals surface area contributed by atoms with Crippen LogP contribution in [0.15, 0.2) is 24.3 Å². The Morgan fingerprint density at radius 2 is 1.77 bits per heavy atom. The monoisotopic (exact) mass is 306 g/mol. The van der Waals surface area contributed by atoms with Gasteiger partial charge in [0.1, 0.15) is 0 Å². The van der Waals surface area contributed by atoms with E-state index in [2.05, 4.69) is 24.5 Å². The lowest BCUT2D eigenvalue weighted by atomic mass is 10.1. The molecule has 5 heteroatoms. The predicted molar refractivity (Wildman–Crippen MR) is 86.9 cm³/mol. The molecule has 0 aromatic heterocycles. The second-order valence-corrected chi connectivity index (χ2v) is 5.70. The summed E-state index contributed by atoms with van der Waals surface area (Å²) in [6, 6.07) is 7.05. The van der Waals surface area contributed by atoms with Gasteiger partial charge in [-0.15, -0.1) is 0 Å². The number of amides is 1. The number of aromatic carboxylic acids is 1. The van der Waals surface area contributed by atoms with Crippen LogP contribution in [0, 0.1) is 0 Å². The summed E-state index contributed by atoms with van der Waals surface area (Å²) < 4.78 is 0. The van der Waals surface area contributed by atoms with Gasteiger partial charge in [0.15, 0.2) is 0 Å². The smallest absolute Gasteiger partial charge is 0.335 e. The minimum atomic E-state index is -0.942. The van der Waals surface area contributed by atoms with E-state index in [1.165, 1.54) is 0 Å². The van der Waals surface area contributed by atoms with E-state index in [1.807, 2.05) is 0 Å². The minimum Gasteiger partial charge on any atom is -0.478 e. The summed E-state index contributed by atoms with van der Waals surface area (Å²) in [7, 11) is 0. The molecule has 0 spiro atoms. The van der Waals surface area contributed by atoms with Crippen molar-refractivity contribution in [1.29, 1.82) is 0 Å². The van der Waals surface area contributed by atoms with Crippen molar-refractivity contribution in [3.8, 4) is 0 Å². The number of benzene rings is 1. The van der Waals surface area contributed by atoms with Crippen LogP contribution in [-0.2, 0) is 11.3 Å². The normalized spacial score (nSPS) is 10.7. The van der Waals surface area contributed by atoms with Crippen molar-refractivity contribution < 1.29 is 14.7 Å². The molecule has 0 aliphatic rings. The highest BCUT2D eigenvalue weighted by molar-refractivity contribution is 5.87. The molecule has 0 unspecified atom stereocenters. The number of hydrogen-bond acceptors (Lipinski definition) is 3. The van der Waals surface area contributed by atoms with Gasteiger partial charge in [-0.3, -0.25) is 4.79 Å². The van der Waals surface area contributed by atoms with E-state index < -0.39 is 5.97 Å². The van der Waals surface area contributed by atoms with Crippen molar-refractivity contribution in [1.82, 2.24) is 10.6 Å². The second-order valence-electron chi connectivity index (χ2n) is 5.70. The van der Waals surface area contributed by atoms with E-state index in [9.17, 15) is 9.59 Å². The summed E-state index contributed by atoms with van der Waals surface area (Å²) in [5.41, 5.74) is 1.16. The standard InChI is InChI=1S/C17H26N2O3/c1-13(2)18-11-5-3-4-6-16(20)19-12-14-7-9-15(10-8-14)17(21)22/h7-10,13,18H,3-6,11-12H2,1-2H3,(H,19,20)(H,21,22). The third kappa shape index (κ3) is 7.78. The largest absolute Gasteiger partial charge is 0.478 e. The van der Waals surface area contributed by atoms with Crippen molar-refractivity contribution in [2.24, 2.45) is 0 Å². The molecule has 0 bridgehead atoms. The zero-order valence-corrected chi connectivity index (χ0v) is 13.4. The molecule has 122 valence electrons. The van der Waals surface area contributed by atoms with Crippen LogP contribution < -0.4 is 10.6 Å². The molecule has 5 nitrogen and oxygen atoms in total. The molecule has 0 saturated heterocycles. The van der Waals surface area contributed by atoms with Gasteiger partial charge >= 0.3 is 5.97 Å². The minimum absolute atomic E-state index is 0.0409. The Kier molecular flexibility index (Phi) is 8.22. The number of nitrogens with one attached hydrogen (secondary N) is 2. The van der Waals surface area contributed by atoms with Crippen LogP contribution in [0.2, 0.25) is 0 Å². The fourth-order valence-corrected chi connectivity index (χ4v) is 2.03. The fraction of sp³-hybridized carbons (Fsp3) is 0.529. The predicted octanol–water partition coefficient (Wildman–Crippen LogP) is 2.56. The molecule has 0 aliphatic heterocycles. The molecule has 3 N–H and O–H groups in total. The highest BCUT2D eigenvalue weighted by Gasteiger charge is 2.04. The first kappa shape index (κ1) is 18.2. The topological polar surface area (TPSA) is 78.4 Å². The molecular weight excluding hydrogens is 280 g/mol. The van der Waals surface area contributed by atoms with Crippen LogP contribution in [-0.4, -0.2) is 29.6 Å². The van der Waals surface area contributed by atoms with Crippen molar-refractivity contribution in [2.75, 3.05) is 6.54 Å². The second kappa shape index (κ2) is 9.95. The molecule has 1 aromatic rings. The third-order valence-corrected chi connectivity index (χ3v) is 3.32. The lowest BCUT2D eigenvalue weighted by Crippen LogP contribution is -2.24. The van der Waals surface area contributed by atoms with Crippen LogP contribution in [0.1, 0.15) is 55.5 Å². The number of unbranched alkanes of at least 4 members (excludes halogenated alkanes) is 2. The maximum Gasteiger partial charge on any atom is 0.335 e. The van der Waals surface area contributed by atoms with Gasteiger partial charge in [0.05, 0.1) is 5.56 Å². The Morgan fingerprint density at radius 1 is 1.09 bits per heavy atom. The number of carboxylic acid groups (broad SMARTS) is 1. The zero-order chi connectivity index (χ0) is 16.4. The Balaban J connectivity index is 2.14. The summed E-state index contributed by atoms with van der Waals surface area (Å²) in [6.45, 7) is 5.68. The molecule has 0 fully saturated rings. The lowest BCUT2D eigenvalue weighted by molar-refractivity contribution is -0.121. The Morgan fingerprint density at radius 3 is 2.36 bits per heavy atom. The SMILES string of the molecule is CC(C)NCCCCCC(=O)NCc1ccc(C(=O)O)cc1. The van der Waals surface area contributed by atoms with Crippen LogP contribution in [0.25, 0.3) is 0 Å². The van der Waals surface area contributed by atoms with E-state index in [1.54, 1.807) is 24.3 Å². The van der Waals surface area contributed by atoms with Crippen LogP contribution in [0.3, 0.4) is 0 Å². The first-order valence-electron chi connectivity index (χ1n) is 7.81. The Labute approximate surface area is 132 Å². The summed E-state index contributed by atoms with van der Waals surface area (Å²) in [4.78, 5) is 22.4. The molecule has 0 aliphatic carbocycles. The maximum absolute atomic E-state index is 11.7. The third-order valence-electron chi connectivity index (χ3n) is 3.32. The number of carbonyl (C=O) groups is 2. The molecule has 22 heavy (non-hydrogen) atoms. The van der Waals surface area contributed by atoms with Crippen LogP contribution in [0.5, 0.6) is 0 Å². The highest BCUT2D eigenvalue weighted by Crippen LogP contribution is 2.05. The molecule has 0 atom stereocenters. The van der Waals surface area contributed by atoms with Gasteiger partial charge in [-0.25, -0.2) is 4.79 Å². The summed E-state index contributed by atoms with van der Waals surface area (Å²) >= 11 is 0. The van der Waals surface area contributed by atoms with Crippen LogP contribution in [0.4, 0.5) is 0 Å². The van der Waals surface area contributed by atoms with E-state index >= 15 is 0 Å². The first-order valence-corrected chi connectivity index (χ1v) is 7.81. The number of carboxylic acids is 1. The van der Waals surface area contributed by atoms with Gasteiger partial charge in [0.2, 0.25) is 5.91 Å². The van der Waals surface area contributed by atoms with E-state index in [0.29, 0.717) is 19.0 Å². The van der Waals surface area contributed by atoms with Crippen molar-refractivity contribution in [3.05, 3.63) is 35.4 Å². The summed E-state index contributed by atoms with van der Waals surface area (Å²) in [5.74, 6) is -0.901. The van der Waals surface area contributed by atoms with Crippen molar-refractivity contribution in [2.45, 2.75) is 52.1 Å². The van der Waals surface area contributed by atoms with Gasteiger partial charge in [0.25, 0.3) is 0 Å². The van der Waals surface area contributed by atoms with E-state index in [4.69, 9.17) is 5.11 Å². The molecule has 1 amide bonds. The molecule has 0 radical (unpaired) electrons. The molecule has 1 aromatic carbocycles. The fourth-order valence-electron chi connectivity index (χ4n) is 2.03. The van der Waals surface area contributed by atoms with Crippen molar-refractivity contribution >= 4 is 11.9 Å². The van der Waals surface area contributed by atoms with Crippen molar-refractivity contribution in [3.63, 3.8) is 0 Å². The molecule has 0 heterocycles. The summed E-state index contributed by atoms with van der Waals surface area (Å²) in [6.07, 6.45) is 3.56. The van der Waals surface area contributed by atoms with Gasteiger partial charge < -0.3 is 15.7 Å². The lowest BCUT2D eigenvalue weighted by Gasteiger charge is -2.08. The summed E-state index contributed by atoms with van der Waals surface area (Å²) in [5, 5.41) is 15.0. The highest BCUT2D eigenvalue weighted by atomic mass is 16.4. The number of rotatable bonds is 10. The quantitative estimate of drug-likeness (QED) is 0.581. The average Bonchev–Trinajstić information content (AvgIpc) is 2.48. The van der Waals surface area contributed by atoms with Gasteiger partial charge in [0, 0.05) is 19.0 Å². The molecular formula is C17H26N2O3. The number of carbonyl (C=O) groups excluding carboxylic acids is 1. The molecule has 0 saturated carbocycles. The van der Waals surface area contributed by atoms with Crippen LogP contribution >= 0.6 is 0 Å². The average molecular weight is 306 g/mol. The number of hydrogen-bond donors (Lipinski definition) is 3. The van der Waals surface area contributed by atoms with E-state index in [0.717, 1.165) is 31.4 Å². The van der Waals surface area contributed by atoms with E-state index in [-0.39, 0.29) is 11.5 Å². The zero-order valence-electron chi connectivity index (χ0n) is 13.4. The first-order chi connectivity index (χ1) is 10.5. The Hall–Kier alpha value is -1.88. The maximum atomic E-state index is 11.7.